The van der Waals surface area contributed by atoms with E-state index in [2.05, 4.69) is 17.0 Å². The summed E-state index contributed by atoms with van der Waals surface area (Å²) in [6.07, 6.45) is -15.3. The number of hydrogen-bond acceptors (Lipinski definition) is 2. The van der Waals surface area contributed by atoms with E-state index in [-0.39, 0.29) is 10.6 Å². The van der Waals surface area contributed by atoms with Crippen LogP contribution in [0, 0.1) is 0 Å². The van der Waals surface area contributed by atoms with E-state index in [0.717, 1.165) is 12.1 Å². The van der Waals surface area contributed by atoms with E-state index in [1.807, 2.05) is 0 Å². The second kappa shape index (κ2) is 5.65. The zero-order valence-electron chi connectivity index (χ0n) is 9.35. The van der Waals surface area contributed by atoms with Gasteiger partial charge in [-0.3, -0.25) is 0 Å². The lowest BCUT2D eigenvalue weighted by Gasteiger charge is -2.25. The smallest absolute Gasteiger partial charge is 0.434 e. The Morgan fingerprint density at radius 1 is 1.15 bits per heavy atom. The van der Waals surface area contributed by atoms with Gasteiger partial charge in [0.25, 0.3) is 6.10 Å². The molecule has 0 radical (unpaired) electrons. The van der Waals surface area contributed by atoms with Gasteiger partial charge in [0.05, 0.1) is 10.6 Å². The normalized spacial score (nSPS) is 12.6. The molecule has 0 aliphatic rings. The highest BCUT2D eigenvalue weighted by molar-refractivity contribution is 7.80. The highest BCUT2D eigenvalue weighted by atomic mass is 35.5. The molecule has 0 spiro atoms. The lowest BCUT2D eigenvalue weighted by molar-refractivity contribution is -0.299. The summed E-state index contributed by atoms with van der Waals surface area (Å²) in [7, 11) is 0. The third-order valence-electron chi connectivity index (χ3n) is 2.06. The Kier molecular flexibility index (Phi) is 4.75. The number of thiocarbonyl (C=S) groups is 1. The fraction of sp³-hybridized carbons (Fsp3) is 0.300. The molecule has 0 saturated carbocycles. The maximum absolute atomic E-state index is 12.4. The highest BCUT2D eigenvalue weighted by Gasteiger charge is 2.59. The number of alkyl halides is 6. The molecule has 10 heteroatoms. The molecule has 0 heterocycles. The quantitative estimate of drug-likeness (QED) is 0.672. The van der Waals surface area contributed by atoms with Crippen LogP contribution in [0.25, 0.3) is 0 Å². The molecule has 0 aliphatic heterocycles. The number of ether oxygens (including phenoxy) is 1. The maximum atomic E-state index is 12.4. The summed E-state index contributed by atoms with van der Waals surface area (Å²) in [6.45, 7) is 0. The molecule has 2 N–H and O–H groups in total. The van der Waals surface area contributed by atoms with Gasteiger partial charge in [-0.1, -0.05) is 29.9 Å². The topological polar surface area (TPSA) is 35.2 Å². The Hall–Kier alpha value is -1.22. The van der Waals surface area contributed by atoms with Crippen LogP contribution in [0.15, 0.2) is 18.2 Å². The van der Waals surface area contributed by atoms with Crippen LogP contribution in [-0.4, -0.2) is 23.4 Å². The monoisotopic (exact) mass is 337 g/mol. The van der Waals surface area contributed by atoms with Gasteiger partial charge in [0, 0.05) is 0 Å². The van der Waals surface area contributed by atoms with Gasteiger partial charge in [-0.15, -0.1) is 0 Å². The number of hydrogen-bond donors (Lipinski definition) is 1. The van der Waals surface area contributed by atoms with E-state index in [4.69, 9.17) is 17.3 Å². The van der Waals surface area contributed by atoms with Crippen molar-refractivity contribution >= 4 is 28.8 Å². The number of rotatable bonds is 3. The number of nitrogens with two attached hydrogens (primary N) is 1. The van der Waals surface area contributed by atoms with Crippen molar-refractivity contribution in [3.05, 3.63) is 28.8 Å². The minimum absolute atomic E-state index is 0.210. The summed E-state index contributed by atoms with van der Waals surface area (Å²) in [5.41, 5.74) is 4.83. The summed E-state index contributed by atoms with van der Waals surface area (Å²) in [5.74, 6) is -0.787. The Morgan fingerprint density at radius 3 is 2.05 bits per heavy atom. The number of halogens is 7. The van der Waals surface area contributed by atoms with Gasteiger partial charge < -0.3 is 10.5 Å². The van der Waals surface area contributed by atoms with Crippen molar-refractivity contribution in [2.75, 3.05) is 0 Å². The molecular formula is C10H6ClF6NOS. The van der Waals surface area contributed by atoms with Crippen molar-refractivity contribution in [2.24, 2.45) is 5.73 Å². The first-order valence-electron chi connectivity index (χ1n) is 4.83. The molecule has 0 bridgehead atoms. The molecule has 0 saturated heterocycles. The van der Waals surface area contributed by atoms with E-state index in [1.165, 1.54) is 6.07 Å². The predicted octanol–water partition coefficient (Wildman–Crippen LogP) is 3.85. The van der Waals surface area contributed by atoms with Gasteiger partial charge in [0.15, 0.2) is 0 Å². The van der Waals surface area contributed by atoms with Crippen LogP contribution in [0.3, 0.4) is 0 Å². The second-order valence-corrected chi connectivity index (χ2v) is 4.41. The molecule has 0 atom stereocenters. The van der Waals surface area contributed by atoms with E-state index in [1.54, 1.807) is 0 Å². The summed E-state index contributed by atoms with van der Waals surface area (Å²) < 4.78 is 78.4. The van der Waals surface area contributed by atoms with Gasteiger partial charge in [-0.05, 0) is 12.1 Å². The zero-order valence-corrected chi connectivity index (χ0v) is 10.9. The van der Waals surface area contributed by atoms with E-state index in [9.17, 15) is 26.3 Å². The fourth-order valence-corrected chi connectivity index (χ4v) is 1.82. The molecular weight excluding hydrogens is 332 g/mol. The molecule has 1 aromatic carbocycles. The van der Waals surface area contributed by atoms with Crippen LogP contribution in [0.2, 0.25) is 5.02 Å². The molecule has 0 unspecified atom stereocenters. The molecule has 0 aliphatic carbocycles. The van der Waals surface area contributed by atoms with Crippen LogP contribution >= 0.6 is 23.8 Å². The van der Waals surface area contributed by atoms with Gasteiger partial charge in [-0.25, -0.2) is 0 Å². The molecule has 0 aromatic heterocycles. The van der Waals surface area contributed by atoms with Crippen LogP contribution in [0.5, 0.6) is 5.75 Å². The zero-order chi connectivity index (χ0) is 15.7. The lowest BCUT2D eigenvalue weighted by Crippen LogP contribution is -2.46. The van der Waals surface area contributed by atoms with Crippen LogP contribution < -0.4 is 10.5 Å². The Morgan fingerprint density at radius 2 is 1.65 bits per heavy atom. The highest BCUT2D eigenvalue weighted by Crippen LogP contribution is 2.38. The first-order chi connectivity index (χ1) is 8.94. The first kappa shape index (κ1) is 16.8. The minimum Gasteiger partial charge on any atom is -0.471 e. The molecule has 112 valence electrons. The summed E-state index contributed by atoms with van der Waals surface area (Å²) in [5, 5.41) is -0.210. The second-order valence-electron chi connectivity index (χ2n) is 3.56. The molecule has 2 nitrogen and oxygen atoms in total. The first-order valence-corrected chi connectivity index (χ1v) is 5.61. The maximum Gasteiger partial charge on any atom is 0.434 e. The molecule has 1 rings (SSSR count). The Balaban J connectivity index is 3.26. The van der Waals surface area contributed by atoms with Gasteiger partial charge in [0.1, 0.15) is 10.7 Å². The standard InChI is InChI=1S/C10H6ClF6NOS/c11-4-2-1-3-5(6(4)7(18)20)19-8(9(12,13)14)10(15,16)17/h1-3,8H,(H2,18,20). The molecule has 0 fully saturated rings. The molecule has 1 aromatic rings. The SMILES string of the molecule is NC(=S)c1c(Cl)cccc1OC(C(F)(F)F)C(F)(F)F. The summed E-state index contributed by atoms with van der Waals surface area (Å²) in [6, 6.07) is 3.19. The number of benzene rings is 1. The van der Waals surface area contributed by atoms with Crippen molar-refractivity contribution < 1.29 is 31.1 Å². The van der Waals surface area contributed by atoms with Crippen molar-refractivity contribution in [1.29, 1.82) is 0 Å². The third-order valence-corrected chi connectivity index (χ3v) is 2.58. The van der Waals surface area contributed by atoms with Crippen molar-refractivity contribution in [2.45, 2.75) is 18.5 Å². The summed E-state index contributed by atoms with van der Waals surface area (Å²) in [4.78, 5) is -0.478. The lowest BCUT2D eigenvalue weighted by atomic mass is 10.2. The van der Waals surface area contributed by atoms with Gasteiger partial charge in [-0.2, -0.15) is 26.3 Å². The van der Waals surface area contributed by atoms with Crippen LogP contribution in [0.1, 0.15) is 5.56 Å². The summed E-state index contributed by atoms with van der Waals surface area (Å²) >= 11 is 10.2. The van der Waals surface area contributed by atoms with E-state index < -0.39 is 29.2 Å². The molecule has 0 amide bonds. The predicted molar refractivity (Wildman–Crippen MR) is 63.9 cm³/mol. The fourth-order valence-electron chi connectivity index (χ4n) is 1.29. The Bertz CT molecular complexity index is 501. The average molecular weight is 338 g/mol. The average Bonchev–Trinajstić information content (AvgIpc) is 2.22. The third kappa shape index (κ3) is 3.89. The van der Waals surface area contributed by atoms with Crippen LogP contribution in [-0.2, 0) is 0 Å². The van der Waals surface area contributed by atoms with Gasteiger partial charge >= 0.3 is 12.4 Å². The van der Waals surface area contributed by atoms with E-state index >= 15 is 0 Å². The van der Waals surface area contributed by atoms with Gasteiger partial charge in [0.2, 0.25) is 0 Å². The Labute approximate surface area is 119 Å². The minimum atomic E-state index is -5.64. The van der Waals surface area contributed by atoms with Crippen molar-refractivity contribution in [3.8, 4) is 5.75 Å². The van der Waals surface area contributed by atoms with Crippen molar-refractivity contribution in [1.82, 2.24) is 0 Å². The largest absolute Gasteiger partial charge is 0.471 e. The van der Waals surface area contributed by atoms with E-state index in [0.29, 0.717) is 0 Å². The molecule has 20 heavy (non-hydrogen) atoms. The van der Waals surface area contributed by atoms with Crippen LogP contribution in [0.4, 0.5) is 26.3 Å². The van der Waals surface area contributed by atoms with Crippen molar-refractivity contribution in [3.63, 3.8) is 0 Å².